The fourth-order valence-corrected chi connectivity index (χ4v) is 4.39. The molecule has 4 nitrogen and oxygen atoms in total. The van der Waals surface area contributed by atoms with E-state index in [2.05, 4.69) is 0 Å². The van der Waals surface area contributed by atoms with E-state index in [0.29, 0.717) is 5.69 Å². The van der Waals surface area contributed by atoms with Crippen LogP contribution in [0, 0.1) is 6.92 Å². The van der Waals surface area contributed by atoms with Crippen LogP contribution in [-0.4, -0.2) is 25.8 Å². The van der Waals surface area contributed by atoms with Crippen molar-refractivity contribution in [3.8, 4) is 0 Å². The third-order valence-electron chi connectivity index (χ3n) is 4.16. The second-order valence-electron chi connectivity index (χ2n) is 5.71. The van der Waals surface area contributed by atoms with Gasteiger partial charge in [-0.05, 0) is 37.5 Å². The van der Waals surface area contributed by atoms with Crippen molar-refractivity contribution in [3.05, 3.63) is 23.8 Å². The summed E-state index contributed by atoms with van der Waals surface area (Å²) in [6.07, 6.45) is 6.51. The van der Waals surface area contributed by atoms with Crippen molar-refractivity contribution < 1.29 is 8.42 Å². The number of sulfonamides is 1. The van der Waals surface area contributed by atoms with Crippen LogP contribution >= 0.6 is 0 Å². The van der Waals surface area contributed by atoms with Crippen molar-refractivity contribution in [2.75, 3.05) is 12.8 Å². The van der Waals surface area contributed by atoms with E-state index in [1.54, 1.807) is 25.2 Å². The molecule has 20 heavy (non-hydrogen) atoms. The van der Waals surface area contributed by atoms with Crippen LogP contribution in [0.1, 0.15) is 44.1 Å². The van der Waals surface area contributed by atoms with Gasteiger partial charge in [0.2, 0.25) is 10.0 Å². The Kier molecular flexibility index (Phi) is 4.70. The molecular weight excluding hydrogens is 272 g/mol. The molecule has 0 heterocycles. The topological polar surface area (TPSA) is 63.4 Å². The van der Waals surface area contributed by atoms with Gasteiger partial charge >= 0.3 is 0 Å². The first-order chi connectivity index (χ1) is 9.43. The average molecular weight is 296 g/mol. The van der Waals surface area contributed by atoms with E-state index in [1.807, 2.05) is 6.92 Å². The van der Waals surface area contributed by atoms with Crippen LogP contribution in [0.5, 0.6) is 0 Å². The molecule has 0 aliphatic heterocycles. The van der Waals surface area contributed by atoms with Gasteiger partial charge in [-0.25, -0.2) is 8.42 Å². The first kappa shape index (κ1) is 15.3. The molecule has 1 aromatic carbocycles. The summed E-state index contributed by atoms with van der Waals surface area (Å²) >= 11 is 0. The molecule has 2 N–H and O–H groups in total. The highest BCUT2D eigenvalue weighted by Gasteiger charge is 2.29. The van der Waals surface area contributed by atoms with Crippen LogP contribution in [0.3, 0.4) is 0 Å². The molecule has 1 aliphatic carbocycles. The van der Waals surface area contributed by atoms with Crippen molar-refractivity contribution in [2.24, 2.45) is 0 Å². The van der Waals surface area contributed by atoms with E-state index in [4.69, 9.17) is 5.73 Å². The number of rotatable bonds is 3. The maximum atomic E-state index is 12.7. The number of nitrogens with zero attached hydrogens (tertiary/aromatic N) is 1. The Hall–Kier alpha value is -1.07. The van der Waals surface area contributed by atoms with Crippen molar-refractivity contribution in [1.29, 1.82) is 0 Å². The molecule has 0 bridgehead atoms. The number of benzene rings is 1. The fourth-order valence-electron chi connectivity index (χ4n) is 2.88. The molecule has 0 unspecified atom stereocenters. The molecule has 112 valence electrons. The Morgan fingerprint density at radius 2 is 1.75 bits per heavy atom. The zero-order chi connectivity index (χ0) is 14.8. The summed E-state index contributed by atoms with van der Waals surface area (Å²) in [5.41, 5.74) is 7.21. The van der Waals surface area contributed by atoms with Gasteiger partial charge in [0, 0.05) is 13.1 Å². The lowest BCUT2D eigenvalue weighted by molar-refractivity contribution is 0.336. The number of aryl methyl sites for hydroxylation is 1. The Morgan fingerprint density at radius 3 is 2.30 bits per heavy atom. The van der Waals surface area contributed by atoms with Crippen molar-refractivity contribution in [2.45, 2.75) is 56.4 Å². The summed E-state index contributed by atoms with van der Waals surface area (Å²) < 4.78 is 27.0. The monoisotopic (exact) mass is 296 g/mol. The van der Waals surface area contributed by atoms with Gasteiger partial charge in [0.1, 0.15) is 4.90 Å². The summed E-state index contributed by atoms with van der Waals surface area (Å²) in [6, 6.07) is 5.23. The van der Waals surface area contributed by atoms with Gasteiger partial charge < -0.3 is 5.73 Å². The summed E-state index contributed by atoms with van der Waals surface area (Å²) in [6.45, 7) is 1.90. The Balaban J connectivity index is 2.28. The van der Waals surface area contributed by atoms with Crippen molar-refractivity contribution >= 4 is 15.7 Å². The quantitative estimate of drug-likeness (QED) is 0.689. The van der Waals surface area contributed by atoms with Gasteiger partial charge in [0.05, 0.1) is 5.69 Å². The number of nitrogen functional groups attached to an aromatic ring is 1. The second kappa shape index (κ2) is 6.14. The lowest BCUT2D eigenvalue weighted by Crippen LogP contribution is -2.37. The maximum absolute atomic E-state index is 12.7. The minimum absolute atomic E-state index is 0.100. The van der Waals surface area contributed by atoms with Gasteiger partial charge in [0.15, 0.2) is 0 Å². The molecule has 1 aromatic rings. The molecule has 1 fully saturated rings. The molecule has 5 heteroatoms. The SMILES string of the molecule is Cc1ccc(S(=O)(=O)N(C)C2CCCCCC2)c(N)c1. The van der Waals surface area contributed by atoms with E-state index in [1.165, 1.54) is 17.1 Å². The Morgan fingerprint density at radius 1 is 1.15 bits per heavy atom. The van der Waals surface area contributed by atoms with E-state index in [0.717, 1.165) is 31.2 Å². The molecule has 0 spiro atoms. The molecule has 0 amide bonds. The van der Waals surface area contributed by atoms with Crippen LogP contribution in [0.2, 0.25) is 0 Å². The van der Waals surface area contributed by atoms with E-state index < -0.39 is 10.0 Å². The zero-order valence-corrected chi connectivity index (χ0v) is 13.1. The molecular formula is C15H24N2O2S. The highest BCUT2D eigenvalue weighted by Crippen LogP contribution is 2.28. The minimum atomic E-state index is -3.49. The largest absolute Gasteiger partial charge is 0.398 e. The summed E-state index contributed by atoms with van der Waals surface area (Å²) in [5.74, 6) is 0. The third-order valence-corrected chi connectivity index (χ3v) is 6.15. The standard InChI is InChI=1S/C15H24N2O2S/c1-12-9-10-15(14(16)11-12)20(18,19)17(2)13-7-5-3-4-6-8-13/h9-11,13H,3-8,16H2,1-2H3. The molecule has 0 atom stereocenters. The smallest absolute Gasteiger partial charge is 0.245 e. The molecule has 1 aliphatic rings. The van der Waals surface area contributed by atoms with Crippen LogP contribution in [-0.2, 0) is 10.0 Å². The summed E-state index contributed by atoms with van der Waals surface area (Å²) in [5, 5.41) is 0. The van der Waals surface area contributed by atoms with E-state index in [9.17, 15) is 8.42 Å². The van der Waals surface area contributed by atoms with Gasteiger partial charge in [-0.1, -0.05) is 31.7 Å². The Bertz CT molecular complexity index is 561. The number of nitrogens with two attached hydrogens (primary N) is 1. The lowest BCUT2D eigenvalue weighted by atomic mass is 10.1. The number of hydrogen-bond donors (Lipinski definition) is 1. The zero-order valence-electron chi connectivity index (χ0n) is 12.3. The molecule has 0 aromatic heterocycles. The van der Waals surface area contributed by atoms with E-state index in [-0.39, 0.29) is 10.9 Å². The number of hydrogen-bond acceptors (Lipinski definition) is 3. The lowest BCUT2D eigenvalue weighted by Gasteiger charge is -2.27. The molecule has 2 rings (SSSR count). The minimum Gasteiger partial charge on any atom is -0.398 e. The molecule has 0 saturated heterocycles. The highest BCUT2D eigenvalue weighted by atomic mass is 32.2. The molecule has 0 radical (unpaired) electrons. The molecule has 1 saturated carbocycles. The number of anilines is 1. The Labute approximate surface area is 122 Å². The van der Waals surface area contributed by atoms with Gasteiger partial charge in [-0.15, -0.1) is 0 Å². The highest BCUT2D eigenvalue weighted by molar-refractivity contribution is 7.89. The first-order valence-corrected chi connectivity index (χ1v) is 8.71. The van der Waals surface area contributed by atoms with Crippen molar-refractivity contribution in [3.63, 3.8) is 0 Å². The predicted octanol–water partition coefficient (Wildman–Crippen LogP) is 2.92. The first-order valence-electron chi connectivity index (χ1n) is 7.27. The predicted molar refractivity (Wildman–Crippen MR) is 82.0 cm³/mol. The van der Waals surface area contributed by atoms with Crippen LogP contribution in [0.25, 0.3) is 0 Å². The normalized spacial score (nSPS) is 18.1. The maximum Gasteiger partial charge on any atom is 0.245 e. The van der Waals surface area contributed by atoms with Crippen LogP contribution in [0.15, 0.2) is 23.1 Å². The van der Waals surface area contributed by atoms with Gasteiger partial charge in [0.25, 0.3) is 0 Å². The van der Waals surface area contributed by atoms with Crippen LogP contribution in [0.4, 0.5) is 5.69 Å². The average Bonchev–Trinajstić information content (AvgIpc) is 2.66. The van der Waals surface area contributed by atoms with Gasteiger partial charge in [-0.3, -0.25) is 0 Å². The van der Waals surface area contributed by atoms with Gasteiger partial charge in [-0.2, -0.15) is 4.31 Å². The van der Waals surface area contributed by atoms with Crippen molar-refractivity contribution in [1.82, 2.24) is 4.31 Å². The fraction of sp³-hybridized carbons (Fsp3) is 0.600. The third kappa shape index (κ3) is 3.15. The van der Waals surface area contributed by atoms with Crippen LogP contribution < -0.4 is 5.73 Å². The van der Waals surface area contributed by atoms with E-state index >= 15 is 0 Å². The summed E-state index contributed by atoms with van der Waals surface area (Å²) in [7, 11) is -1.81. The summed E-state index contributed by atoms with van der Waals surface area (Å²) in [4.78, 5) is 0.231. The second-order valence-corrected chi connectivity index (χ2v) is 7.67.